The maximum atomic E-state index is 13.0. The molecule has 1 saturated carbocycles. The van der Waals surface area contributed by atoms with E-state index < -0.39 is 83.5 Å². The van der Waals surface area contributed by atoms with E-state index in [2.05, 4.69) is 73.1 Å². The molecule has 0 aromatic heterocycles. The molecule has 1 saturated heterocycles. The Bertz CT molecular complexity index is 1790. The number of carbonyl (C=O) groups excluding carboxylic acids is 2. The van der Waals surface area contributed by atoms with Crippen molar-refractivity contribution in [2.45, 2.75) is 197 Å². The van der Waals surface area contributed by atoms with Gasteiger partial charge in [-0.1, -0.05) is 143 Å². The largest absolute Gasteiger partial charge is 0.472 e. The highest BCUT2D eigenvalue weighted by Gasteiger charge is 2.54. The van der Waals surface area contributed by atoms with E-state index in [1.165, 1.54) is 38.5 Å². The van der Waals surface area contributed by atoms with Crippen molar-refractivity contribution < 1.29 is 81.6 Å². The summed E-state index contributed by atoms with van der Waals surface area (Å²) in [4.78, 5) is 54.3. The Morgan fingerprint density at radius 1 is 0.529 bits per heavy atom. The SMILES string of the molecule is CCCCC/C=C\C/C=C\C/C=C\C/C=C\C/C=C\CCC(=O)OC[C@H](COP(=O)(O)O[C@H]1C(O)C(O)C(O)[C@@H](OP(=O)(O)O)C1O)OC(=O)CCC/C=C\C/C=C\C/C=C\CC1OC1CCCCC. The lowest BCUT2D eigenvalue weighted by Crippen LogP contribution is -2.64. The molecular formula is C51H82O17P2. The Balaban J connectivity index is 1.83. The standard InChI is InChI=1S/C51H82O17P2/c1-3-5-7-8-9-10-11-12-13-14-15-16-17-18-19-23-26-29-33-37-44(52)63-39-41(40-64-70(61,62)68-51-48(56)46(54)47(55)50(49(51)57)67-69(58,59)60)65-45(53)38-34-30-27-24-21-20-22-25-28-32-36-43-42(66-43)35-31-6-4-2/h9-10,12-13,15-16,18-20,22,24,26-29,32,41-43,46-51,54-57H,3-8,11,14,17,21,23,25,30-31,33-40H2,1-2H3,(H,61,62)(H2,58,59,60)/b10-9-,13-12-,16-15-,19-18-,22-20-,27-24-,29-26-,32-28-/t41-,42?,43?,46?,47?,48?,49?,50-,51+/m1/s1. The number of phosphoric ester groups is 2. The zero-order valence-corrected chi connectivity index (χ0v) is 42.9. The minimum absolute atomic E-state index is 0.0224. The molecule has 0 spiro atoms. The molecule has 2 aliphatic rings. The van der Waals surface area contributed by atoms with Crippen molar-refractivity contribution in [3.8, 4) is 0 Å². The molecule has 398 valence electrons. The summed E-state index contributed by atoms with van der Waals surface area (Å²) in [6.07, 6.45) is 35.5. The van der Waals surface area contributed by atoms with Gasteiger partial charge in [-0.2, -0.15) is 0 Å². The highest BCUT2D eigenvalue weighted by atomic mass is 31.2. The molecule has 1 aliphatic heterocycles. The van der Waals surface area contributed by atoms with E-state index >= 15 is 0 Å². The molecule has 0 amide bonds. The van der Waals surface area contributed by atoms with Crippen molar-refractivity contribution in [3.05, 3.63) is 97.2 Å². The third-order valence-electron chi connectivity index (χ3n) is 11.1. The van der Waals surface area contributed by atoms with Gasteiger partial charge in [0.15, 0.2) is 6.10 Å². The minimum Gasteiger partial charge on any atom is -0.462 e. The van der Waals surface area contributed by atoms with Gasteiger partial charge in [-0.3, -0.25) is 23.2 Å². The fourth-order valence-electron chi connectivity index (χ4n) is 7.09. The first-order valence-corrected chi connectivity index (χ1v) is 27.9. The van der Waals surface area contributed by atoms with Crippen molar-refractivity contribution in [1.29, 1.82) is 0 Å². The summed E-state index contributed by atoms with van der Waals surface area (Å²) < 4.78 is 55.0. The van der Waals surface area contributed by atoms with Crippen LogP contribution in [0.25, 0.3) is 0 Å². The molecule has 2 rings (SSSR count). The molecule has 7 N–H and O–H groups in total. The van der Waals surface area contributed by atoms with Crippen LogP contribution >= 0.6 is 15.6 Å². The summed E-state index contributed by atoms with van der Waals surface area (Å²) in [5, 5.41) is 41.3. The Labute approximate surface area is 415 Å². The second-order valence-corrected chi connectivity index (χ2v) is 19.8. The number of allylic oxidation sites excluding steroid dienone is 15. The monoisotopic (exact) mass is 1030 g/mol. The molecule has 17 nitrogen and oxygen atoms in total. The number of aliphatic hydroxyl groups excluding tert-OH is 4. The van der Waals surface area contributed by atoms with Gasteiger partial charge in [-0.05, 0) is 83.5 Å². The van der Waals surface area contributed by atoms with Crippen LogP contribution in [0.5, 0.6) is 0 Å². The number of ether oxygens (including phenoxy) is 3. The van der Waals surface area contributed by atoms with Crippen molar-refractivity contribution in [2.75, 3.05) is 13.2 Å². The number of aliphatic hydroxyl groups is 4. The lowest BCUT2D eigenvalue weighted by Gasteiger charge is -2.43. The number of unbranched alkanes of at least 4 members (excludes halogenated alkanes) is 6. The van der Waals surface area contributed by atoms with E-state index in [9.17, 15) is 53.8 Å². The van der Waals surface area contributed by atoms with Crippen molar-refractivity contribution in [2.24, 2.45) is 0 Å². The van der Waals surface area contributed by atoms with Gasteiger partial charge in [-0.25, -0.2) is 9.13 Å². The topological polar surface area (TPSA) is 269 Å². The molecule has 0 radical (unpaired) electrons. The fraction of sp³-hybridized carbons (Fsp3) is 0.647. The number of phosphoric acid groups is 2. The molecule has 10 atom stereocenters. The Hall–Kier alpha value is -3.12. The zero-order valence-electron chi connectivity index (χ0n) is 41.1. The maximum Gasteiger partial charge on any atom is 0.472 e. The molecule has 0 aromatic carbocycles. The van der Waals surface area contributed by atoms with E-state index in [-0.39, 0.29) is 12.8 Å². The molecule has 7 unspecified atom stereocenters. The van der Waals surface area contributed by atoms with Crippen LogP contribution in [0.1, 0.15) is 142 Å². The van der Waals surface area contributed by atoms with Crippen molar-refractivity contribution >= 4 is 27.6 Å². The predicted molar refractivity (Wildman–Crippen MR) is 268 cm³/mol. The Morgan fingerprint density at radius 3 is 1.56 bits per heavy atom. The molecule has 0 bridgehead atoms. The van der Waals surface area contributed by atoms with E-state index in [0.717, 1.165) is 44.9 Å². The lowest BCUT2D eigenvalue weighted by atomic mass is 9.85. The first-order valence-electron chi connectivity index (χ1n) is 24.9. The van der Waals surface area contributed by atoms with E-state index in [1.54, 1.807) is 0 Å². The minimum atomic E-state index is -5.38. The Morgan fingerprint density at radius 2 is 1.01 bits per heavy atom. The number of epoxide rings is 1. The number of hydrogen-bond donors (Lipinski definition) is 7. The van der Waals surface area contributed by atoms with Crippen molar-refractivity contribution in [1.82, 2.24) is 0 Å². The quantitative estimate of drug-likeness (QED) is 0.00995. The first kappa shape index (κ1) is 63.0. The normalized spacial score (nSPS) is 24.7. The van der Waals surface area contributed by atoms with Gasteiger partial charge in [-0.15, -0.1) is 0 Å². The molecular weight excluding hydrogens is 946 g/mol. The van der Waals surface area contributed by atoms with Crippen LogP contribution in [0, 0.1) is 0 Å². The lowest BCUT2D eigenvalue weighted by molar-refractivity contribution is -0.216. The van der Waals surface area contributed by atoms with Gasteiger partial charge < -0.3 is 49.3 Å². The second kappa shape index (κ2) is 37.6. The van der Waals surface area contributed by atoms with Gasteiger partial charge in [0.05, 0.1) is 18.8 Å². The van der Waals surface area contributed by atoms with Crippen molar-refractivity contribution in [3.63, 3.8) is 0 Å². The van der Waals surface area contributed by atoms with Gasteiger partial charge in [0.25, 0.3) is 0 Å². The van der Waals surface area contributed by atoms with Gasteiger partial charge in [0, 0.05) is 12.8 Å². The molecule has 1 heterocycles. The molecule has 19 heteroatoms. The maximum absolute atomic E-state index is 13.0. The van der Waals surface area contributed by atoms with Gasteiger partial charge in [0.2, 0.25) is 0 Å². The summed E-state index contributed by atoms with van der Waals surface area (Å²) >= 11 is 0. The third kappa shape index (κ3) is 30.7. The molecule has 0 aromatic rings. The average Bonchev–Trinajstić information content (AvgIpc) is 4.07. The van der Waals surface area contributed by atoms with Crippen LogP contribution < -0.4 is 0 Å². The molecule has 70 heavy (non-hydrogen) atoms. The van der Waals surface area contributed by atoms with E-state index in [1.807, 2.05) is 42.5 Å². The number of rotatable bonds is 39. The summed E-state index contributed by atoms with van der Waals surface area (Å²) in [5.74, 6) is -1.38. The summed E-state index contributed by atoms with van der Waals surface area (Å²) in [5.41, 5.74) is 0. The fourth-order valence-corrected chi connectivity index (χ4v) is 8.63. The highest BCUT2D eigenvalue weighted by Crippen LogP contribution is 2.49. The number of carbonyl (C=O) groups is 2. The van der Waals surface area contributed by atoms with Crippen LogP contribution in [0.15, 0.2) is 97.2 Å². The summed E-state index contributed by atoms with van der Waals surface area (Å²) in [6.45, 7) is 2.93. The number of hydrogen-bond acceptors (Lipinski definition) is 14. The van der Waals surface area contributed by atoms with Crippen LogP contribution in [-0.2, 0) is 46.5 Å². The molecule has 1 aliphatic carbocycles. The van der Waals surface area contributed by atoms with E-state index in [4.69, 9.17) is 23.3 Å². The van der Waals surface area contributed by atoms with E-state index in [0.29, 0.717) is 44.3 Å². The average molecular weight is 1030 g/mol. The number of esters is 2. The van der Waals surface area contributed by atoms with Gasteiger partial charge in [0.1, 0.15) is 43.2 Å². The second-order valence-electron chi connectivity index (χ2n) is 17.2. The highest BCUT2D eigenvalue weighted by molar-refractivity contribution is 7.47. The van der Waals surface area contributed by atoms with Crippen LogP contribution in [0.2, 0.25) is 0 Å². The third-order valence-corrected chi connectivity index (χ3v) is 12.6. The van der Waals surface area contributed by atoms with Crippen LogP contribution in [0.4, 0.5) is 0 Å². The predicted octanol–water partition coefficient (Wildman–Crippen LogP) is 8.94. The smallest absolute Gasteiger partial charge is 0.462 e. The van der Waals surface area contributed by atoms with Crippen LogP contribution in [0.3, 0.4) is 0 Å². The summed E-state index contributed by atoms with van der Waals surface area (Å²) in [6, 6.07) is 0. The van der Waals surface area contributed by atoms with Gasteiger partial charge >= 0.3 is 27.6 Å². The van der Waals surface area contributed by atoms with Crippen LogP contribution in [-0.4, -0.2) is 115 Å². The molecule has 2 fully saturated rings. The Kier molecular flexibility index (Phi) is 33.8. The zero-order chi connectivity index (χ0) is 51.5. The summed E-state index contributed by atoms with van der Waals surface area (Å²) in [7, 11) is -10.7. The first-order chi connectivity index (χ1) is 33.6.